The van der Waals surface area contributed by atoms with Crippen molar-refractivity contribution in [1.82, 2.24) is 41.2 Å². The van der Waals surface area contributed by atoms with Gasteiger partial charge in [-0.15, -0.1) is 45.3 Å². The summed E-state index contributed by atoms with van der Waals surface area (Å²) in [6.45, 7) is 5.48. The Morgan fingerprint density at radius 1 is 0.357 bits per heavy atom. The smallest absolute Gasteiger partial charge is 0.338 e. The fourth-order valence-electron chi connectivity index (χ4n) is 36.8. The number of carboxylic acids is 4. The summed E-state index contributed by atoms with van der Waals surface area (Å²) >= 11 is 8.84. The van der Waals surface area contributed by atoms with Crippen molar-refractivity contribution < 1.29 is 113 Å². The van der Waals surface area contributed by atoms with Gasteiger partial charge in [0.15, 0.2) is 78.3 Å². The molecule has 41 heteroatoms. The molecule has 0 saturated heterocycles. The van der Waals surface area contributed by atoms with Gasteiger partial charge < -0.3 is 60.6 Å². The Balaban J connectivity index is 0.0000000896. The topological polar surface area (TPSA) is 404 Å². The molecule has 0 radical (unpaired) electrons. The van der Waals surface area contributed by atoms with Gasteiger partial charge in [-0.25, -0.2) is 74.2 Å². The third-order valence-corrected chi connectivity index (χ3v) is 43.7. The first-order chi connectivity index (χ1) is 67.4. The second-order valence-electron chi connectivity index (χ2n) is 41.4. The number of ether oxygens (including phenoxy) is 4. The number of carboxylic acid groups (broad SMARTS) is 4. The van der Waals surface area contributed by atoms with Gasteiger partial charge in [-0.05, 0) is 226 Å². The van der Waals surface area contributed by atoms with Crippen molar-refractivity contribution in [2.45, 2.75) is 44.9 Å². The van der Waals surface area contributed by atoms with Crippen LogP contribution in [-0.4, -0.2) is 139 Å². The quantitative estimate of drug-likeness (QED) is 0.0135. The Hall–Kier alpha value is -12.1. The molecule has 28 aliphatic rings. The minimum Gasteiger partial charge on any atom is -0.481 e. The lowest BCUT2D eigenvalue weighted by Gasteiger charge is -3.10. The fraction of sp³-hybridized carbons (Fsp3) is 0.434. The second kappa shape index (κ2) is 26.8. The fourth-order valence-corrected chi connectivity index (χ4v) is 39.6. The minimum atomic E-state index is -1.64. The summed E-state index contributed by atoms with van der Waals surface area (Å²) in [5.41, 5.74) is 1.60. The maximum atomic E-state index is 15.1. The van der Waals surface area contributed by atoms with Gasteiger partial charge in [0.25, 0.3) is 0 Å². The lowest BCUT2D eigenvalue weighted by Crippen LogP contribution is -3.11. The van der Waals surface area contributed by atoms with Crippen molar-refractivity contribution in [1.29, 1.82) is 0 Å². The van der Waals surface area contributed by atoms with E-state index in [1.807, 2.05) is 17.7 Å². The number of rotatable bonds is 22. The summed E-state index contributed by atoms with van der Waals surface area (Å²) in [6, 6.07) is 9.09. The number of benzene rings is 4. The molecule has 28 nitrogen and oxygen atoms in total. The van der Waals surface area contributed by atoms with Crippen LogP contribution in [-0.2, 0) is 57.3 Å². The number of carbonyl (C=O) groups is 8. The van der Waals surface area contributed by atoms with E-state index in [0.29, 0.717) is 77.0 Å². The molecule has 24 saturated carbocycles. The molecule has 0 bridgehead atoms. The molecule has 4 atom stereocenters. The van der Waals surface area contributed by atoms with E-state index >= 15 is 8.78 Å². The van der Waals surface area contributed by atoms with Crippen molar-refractivity contribution in [3.63, 3.8) is 0 Å². The maximum absolute atomic E-state index is 15.1. The number of aliphatic imine (C=N–C) groups is 4. The van der Waals surface area contributed by atoms with Crippen LogP contribution >= 0.6 is 61.3 Å². The molecule has 712 valence electrons. The number of amidine groups is 4. The number of aryl methyl sites for hydroxylation is 1. The number of hydrogen-bond donors (Lipinski definition) is 8. The summed E-state index contributed by atoms with van der Waals surface area (Å²) in [5.74, 6) is -8.93. The highest BCUT2D eigenvalue weighted by Gasteiger charge is 3.16. The van der Waals surface area contributed by atoms with Crippen LogP contribution in [0.5, 0.6) is 0 Å². The molecule has 4 aromatic carbocycles. The summed E-state index contributed by atoms with van der Waals surface area (Å²) in [4.78, 5) is 138. The number of nitrogens with zero attached hydrogens (tertiary/aromatic N) is 8. The third-order valence-electron chi connectivity index (χ3n) is 39.8. The zero-order chi connectivity index (χ0) is 96.4. The normalized spacial score (nSPS) is 42.3. The van der Waals surface area contributed by atoms with Crippen LogP contribution < -0.4 is 21.3 Å². The Labute approximate surface area is 809 Å². The molecule has 24 fully saturated rings. The van der Waals surface area contributed by atoms with Gasteiger partial charge in [0.05, 0.1) is 75.9 Å². The van der Waals surface area contributed by atoms with Crippen LogP contribution in [0.2, 0.25) is 0 Å². The van der Waals surface area contributed by atoms with Crippen LogP contribution in [0.25, 0.3) is 0 Å². The summed E-state index contributed by atoms with van der Waals surface area (Å²) in [6.07, 6.45) is 6.57. The van der Waals surface area contributed by atoms with Crippen molar-refractivity contribution in [3.05, 3.63) is 251 Å². The standard InChI is InChI=1S/C25H19BrFN3O4S.C25H18F3N3O4S.C25H20FN3O4S.C24H16F3N3O4S/c1-2-34-22(31)10-18(8-4-3-5-9(27)17(8)26)29-20(21-28-6-7-35-21)30-19(10)24-11-14-12(24)16-13(24)15(11)25(14,16)23(32)33;1-2-35-22(32)9-18(7-3-4-8(26)17(28)16(7)27)30-20(21-29-5-6-36-21)31-19(9)24-10-13-11(24)15-12(24)14(10)25(13,15)23(33)34;1-8-7-9(26)3-4-10(8)18-11(22(30)33-2)19(29-20(28-18)21-27-5-6-34-21)24-12-15-13(24)17-14(24)16(12)25(15,17)23(31)32;1-34-21(31)8-17(6-2-3-7(25)16(27)15(6)26)29-19(20-28-4-5-35-20)30-18(8)23-9-12-10(23)14-11(23)13(9)24(12,14)22(32)33/h3-7,11-16,18H,2H2,1H3,(H,29,30)(H,32,33);3-6,10-15,18H,2H2,1H3,(H,30,31)(H,33,34);3-7,12-18H,1-2H3,(H,28,29)(H,31,32);2-5,9-14,17H,1H3,(H,29,30)(H,32,33). The largest absolute Gasteiger partial charge is 0.481 e. The maximum Gasteiger partial charge on any atom is 0.338 e. The molecular weight excluding hydrogens is 1970 g/mol. The van der Waals surface area contributed by atoms with Gasteiger partial charge in [-0.3, -0.25) is 39.1 Å². The molecule has 8 heterocycles. The number of carbonyl (C=O) groups excluding carboxylic acids is 4. The van der Waals surface area contributed by atoms with Crippen molar-refractivity contribution >= 4 is 132 Å². The van der Waals surface area contributed by atoms with E-state index in [0.717, 1.165) is 41.2 Å². The van der Waals surface area contributed by atoms with Crippen LogP contribution in [0.15, 0.2) is 176 Å². The van der Waals surface area contributed by atoms with E-state index in [9.17, 15) is 85.1 Å². The van der Waals surface area contributed by atoms with Crippen molar-refractivity contribution in [2.24, 2.45) is 205 Å². The van der Waals surface area contributed by atoms with E-state index in [2.05, 4.69) is 67.1 Å². The van der Waals surface area contributed by atoms with E-state index < -0.39 is 145 Å². The SMILES string of the molecule is CCOC(=O)C1=C(C23C4C5C2C2C3C4C52C(=O)O)NC(c2nccs2)=NC1c1ccc(F)c(F)c1F.CCOC(=O)C1=C(C23C4C5C2C2C3C4C52C(=O)O)NC(c2nccs2)=NC1c1cccc(F)c1Br.COC(=O)C1=C(C23C4C5C2C2C3C4C52C(=O)O)NC(c2nccs2)=NC1c1ccc(F)c(F)c1F.COC(=O)C1=C(C23C4C5C2C2C3C4C52C(=O)O)NC(c2nccs2)=NC1c1ccc(F)cc1C. The zero-order valence-electron chi connectivity index (χ0n) is 73.3. The summed E-state index contributed by atoms with van der Waals surface area (Å²) in [7, 11) is 2.56. The number of methoxy groups -OCH3 is 2. The van der Waals surface area contributed by atoms with Gasteiger partial charge in [0.1, 0.15) is 35.8 Å². The molecule has 8 aromatic rings. The van der Waals surface area contributed by atoms with E-state index in [1.54, 1.807) is 67.6 Å². The first-order valence-corrected chi connectivity index (χ1v) is 50.7. The number of nitrogens with one attached hydrogen (secondary N) is 4. The lowest BCUT2D eigenvalue weighted by atomic mass is 8.92. The van der Waals surface area contributed by atoms with E-state index in [1.165, 1.54) is 77.8 Å². The molecule has 36 rings (SSSR count). The molecule has 0 spiro atoms. The molecule has 4 aromatic heterocycles. The number of allylic oxidation sites excluding steroid dienone is 4. The van der Waals surface area contributed by atoms with Crippen LogP contribution in [0, 0.1) is 239 Å². The predicted molar refractivity (Wildman–Crippen MR) is 475 cm³/mol. The number of thiazole rings is 4. The number of aromatic nitrogens is 4. The molecule has 140 heavy (non-hydrogen) atoms. The monoisotopic (exact) mass is 2040 g/mol. The number of halogens is 9. The first kappa shape index (κ1) is 84.8. The Bertz CT molecular complexity index is 7330. The van der Waals surface area contributed by atoms with E-state index in [-0.39, 0.29) is 199 Å². The Morgan fingerprint density at radius 2 is 0.629 bits per heavy atom. The van der Waals surface area contributed by atoms with Crippen molar-refractivity contribution in [3.8, 4) is 0 Å². The van der Waals surface area contributed by atoms with Gasteiger partial charge >= 0.3 is 47.8 Å². The van der Waals surface area contributed by atoms with Gasteiger partial charge in [0, 0.05) is 102 Å². The van der Waals surface area contributed by atoms with Crippen LogP contribution in [0.3, 0.4) is 0 Å². The molecule has 0 amide bonds. The van der Waals surface area contributed by atoms with Gasteiger partial charge in [-0.2, -0.15) is 0 Å². The molecule has 8 N–H and O–H groups in total. The average Bonchev–Trinajstić information content (AvgIpc) is 0.620. The molecule has 4 unspecified atom stereocenters. The Kier molecular flexibility index (Phi) is 16.2. The average molecular weight is 2050 g/mol. The molecular formula is C99H73BrF8N12O16S4. The third kappa shape index (κ3) is 8.29. The highest BCUT2D eigenvalue weighted by Crippen LogP contribution is 3.15. The lowest BCUT2D eigenvalue weighted by molar-refractivity contribution is -0.633. The van der Waals surface area contributed by atoms with Crippen molar-refractivity contribution in [2.75, 3.05) is 27.4 Å². The van der Waals surface area contributed by atoms with Crippen LogP contribution in [0.1, 0.15) is 85.9 Å². The Morgan fingerprint density at radius 3 is 0.886 bits per heavy atom. The highest BCUT2D eigenvalue weighted by atomic mass is 79.9. The predicted octanol–water partition coefficient (Wildman–Crippen LogP) is 12.9. The number of aliphatic carboxylic acids is 4. The second-order valence-corrected chi connectivity index (χ2v) is 45.8. The first-order valence-electron chi connectivity index (χ1n) is 46.3. The molecule has 4 aliphatic heterocycles. The van der Waals surface area contributed by atoms with Crippen LogP contribution in [0.4, 0.5) is 35.1 Å². The molecule has 24 aliphatic carbocycles. The highest BCUT2D eigenvalue weighted by molar-refractivity contribution is 9.10. The summed E-state index contributed by atoms with van der Waals surface area (Å²) in [5, 5.41) is 62.7. The zero-order valence-corrected chi connectivity index (χ0v) is 78.1. The summed E-state index contributed by atoms with van der Waals surface area (Å²) < 4.78 is 136. The number of esters is 4. The minimum absolute atomic E-state index is 0.0535. The van der Waals surface area contributed by atoms with E-state index in [4.69, 9.17) is 28.9 Å². The number of hydrogen-bond acceptors (Lipinski definition) is 28. The van der Waals surface area contributed by atoms with Gasteiger partial charge in [0.2, 0.25) is 0 Å². The van der Waals surface area contributed by atoms with Gasteiger partial charge in [-0.1, -0.05) is 30.3 Å².